The summed E-state index contributed by atoms with van der Waals surface area (Å²) in [6, 6.07) is 12.0. The van der Waals surface area contributed by atoms with Crippen molar-refractivity contribution in [1.29, 1.82) is 0 Å². The third-order valence-electron chi connectivity index (χ3n) is 3.83. The molecule has 1 fully saturated rings. The lowest BCUT2D eigenvalue weighted by atomic mass is 10.1. The molecule has 0 bridgehead atoms. The molecule has 0 spiro atoms. The van der Waals surface area contributed by atoms with Crippen molar-refractivity contribution in [1.82, 2.24) is 5.32 Å². The zero-order valence-electron chi connectivity index (χ0n) is 13.6. The molecule has 0 saturated carbocycles. The van der Waals surface area contributed by atoms with Crippen LogP contribution in [0.2, 0.25) is 0 Å². The number of nitrogens with zero attached hydrogens (tertiary/aromatic N) is 2. The number of aryl methyl sites for hydroxylation is 1. The largest absolute Gasteiger partial charge is 0.300 e. The van der Waals surface area contributed by atoms with Gasteiger partial charge in [-0.2, -0.15) is 0 Å². The van der Waals surface area contributed by atoms with E-state index < -0.39 is 4.92 Å². The topological polar surface area (TPSA) is 84.6 Å². The van der Waals surface area contributed by atoms with E-state index in [9.17, 15) is 14.9 Å². The zero-order chi connectivity index (χ0) is 18.0. The predicted octanol–water partition coefficient (Wildman–Crippen LogP) is 4.10. The third-order valence-corrected chi connectivity index (χ3v) is 4.74. The van der Waals surface area contributed by atoms with Crippen LogP contribution in [0, 0.1) is 24.0 Å². The van der Waals surface area contributed by atoms with Gasteiger partial charge in [0.25, 0.3) is 11.6 Å². The highest BCUT2D eigenvalue weighted by molar-refractivity contribution is 8.18. The summed E-state index contributed by atoms with van der Waals surface area (Å²) in [4.78, 5) is 27.5. The average molecular weight is 353 g/mol. The van der Waals surface area contributed by atoms with Crippen LogP contribution in [-0.2, 0) is 4.79 Å². The Morgan fingerprint density at radius 3 is 2.72 bits per heavy atom. The number of thioether (sulfide) groups is 1. The van der Waals surface area contributed by atoms with E-state index >= 15 is 0 Å². The lowest BCUT2D eigenvalue weighted by Crippen LogP contribution is -2.19. The number of amidine groups is 1. The first kappa shape index (κ1) is 16.9. The number of carbonyl (C=O) groups excluding carboxylic acids is 1. The maximum Gasteiger partial charge on any atom is 0.270 e. The van der Waals surface area contributed by atoms with Crippen LogP contribution in [0.3, 0.4) is 0 Å². The van der Waals surface area contributed by atoms with E-state index in [1.54, 1.807) is 18.2 Å². The van der Waals surface area contributed by atoms with Gasteiger partial charge in [0, 0.05) is 12.1 Å². The second-order valence-corrected chi connectivity index (χ2v) is 6.58. The molecule has 0 unspecified atom stereocenters. The summed E-state index contributed by atoms with van der Waals surface area (Å²) in [5.74, 6) is -0.263. The highest BCUT2D eigenvalue weighted by atomic mass is 32.2. The van der Waals surface area contributed by atoms with E-state index in [-0.39, 0.29) is 11.6 Å². The average Bonchev–Trinajstić information content (AvgIpc) is 2.91. The second kappa shape index (κ2) is 6.90. The summed E-state index contributed by atoms with van der Waals surface area (Å²) >= 11 is 1.22. The van der Waals surface area contributed by atoms with Crippen molar-refractivity contribution in [3.63, 3.8) is 0 Å². The molecule has 0 radical (unpaired) electrons. The molecule has 25 heavy (non-hydrogen) atoms. The van der Waals surface area contributed by atoms with Gasteiger partial charge in [-0.05, 0) is 54.4 Å². The molecule has 3 rings (SSSR count). The van der Waals surface area contributed by atoms with Crippen LogP contribution in [0.15, 0.2) is 52.4 Å². The molecule has 1 saturated heterocycles. The molecular formula is C18H15N3O3S. The second-order valence-electron chi connectivity index (χ2n) is 5.55. The molecule has 2 aromatic carbocycles. The summed E-state index contributed by atoms with van der Waals surface area (Å²) in [6.07, 6.45) is 1.62. The van der Waals surface area contributed by atoms with Gasteiger partial charge >= 0.3 is 0 Å². The first-order chi connectivity index (χ1) is 11.9. The number of rotatable bonds is 3. The van der Waals surface area contributed by atoms with Crippen molar-refractivity contribution < 1.29 is 9.72 Å². The maximum atomic E-state index is 12.1. The van der Waals surface area contributed by atoms with Crippen LogP contribution in [0.5, 0.6) is 0 Å². The Morgan fingerprint density at radius 1 is 1.20 bits per heavy atom. The van der Waals surface area contributed by atoms with Gasteiger partial charge < -0.3 is 5.32 Å². The van der Waals surface area contributed by atoms with E-state index in [0.717, 1.165) is 16.8 Å². The van der Waals surface area contributed by atoms with Crippen LogP contribution in [0.25, 0.3) is 6.08 Å². The molecule has 0 aliphatic carbocycles. The van der Waals surface area contributed by atoms with Crippen LogP contribution < -0.4 is 5.32 Å². The zero-order valence-corrected chi connectivity index (χ0v) is 14.5. The molecular weight excluding hydrogens is 338 g/mol. The number of nitrogens with one attached hydrogen (secondary N) is 1. The summed E-state index contributed by atoms with van der Waals surface area (Å²) in [6.45, 7) is 3.99. The fourth-order valence-corrected chi connectivity index (χ4v) is 3.16. The minimum atomic E-state index is -0.461. The summed E-state index contributed by atoms with van der Waals surface area (Å²) < 4.78 is 0. The molecule has 1 N–H and O–H groups in total. The molecule has 0 aromatic heterocycles. The van der Waals surface area contributed by atoms with Crippen molar-refractivity contribution in [3.8, 4) is 0 Å². The Bertz CT molecular complexity index is 935. The number of amides is 1. The molecule has 1 heterocycles. The number of benzene rings is 2. The molecule has 1 amide bonds. The lowest BCUT2D eigenvalue weighted by molar-refractivity contribution is -0.384. The first-order valence-electron chi connectivity index (χ1n) is 7.54. The van der Waals surface area contributed by atoms with Gasteiger partial charge in [0.05, 0.1) is 15.5 Å². The van der Waals surface area contributed by atoms with Gasteiger partial charge in [0.15, 0.2) is 5.17 Å². The normalized spacial score (nSPS) is 17.1. The summed E-state index contributed by atoms with van der Waals surface area (Å²) in [5.41, 5.74) is 3.57. The van der Waals surface area contributed by atoms with Crippen molar-refractivity contribution in [2.75, 3.05) is 0 Å². The standard InChI is InChI=1S/C18H15N3O3S/c1-11-5-3-8-15(12(11)2)19-18-20-17(22)16(25-18)10-13-6-4-7-14(9-13)21(23)24/h3-10H,1-2H3,(H,19,20,22)/b16-10-. The van der Waals surface area contributed by atoms with Crippen molar-refractivity contribution >= 4 is 40.3 Å². The van der Waals surface area contributed by atoms with Gasteiger partial charge in [-0.25, -0.2) is 4.99 Å². The van der Waals surface area contributed by atoms with Crippen molar-refractivity contribution in [3.05, 3.63) is 74.2 Å². The van der Waals surface area contributed by atoms with Gasteiger partial charge in [-0.1, -0.05) is 24.3 Å². The number of hydrogen-bond donors (Lipinski definition) is 1. The van der Waals surface area contributed by atoms with Crippen LogP contribution in [-0.4, -0.2) is 16.0 Å². The quantitative estimate of drug-likeness (QED) is 0.511. The van der Waals surface area contributed by atoms with Crippen LogP contribution in [0.4, 0.5) is 11.4 Å². The molecule has 7 heteroatoms. The van der Waals surface area contributed by atoms with Gasteiger partial charge in [0.2, 0.25) is 0 Å². The predicted molar refractivity (Wildman–Crippen MR) is 99.8 cm³/mol. The van der Waals surface area contributed by atoms with Gasteiger partial charge in [0.1, 0.15) is 0 Å². The number of carbonyl (C=O) groups is 1. The van der Waals surface area contributed by atoms with E-state index in [0.29, 0.717) is 15.6 Å². The van der Waals surface area contributed by atoms with Crippen molar-refractivity contribution in [2.24, 2.45) is 4.99 Å². The van der Waals surface area contributed by atoms with E-state index in [1.165, 1.54) is 23.9 Å². The molecule has 0 atom stereocenters. The number of hydrogen-bond acceptors (Lipinski definition) is 5. The number of nitro benzene ring substituents is 1. The molecule has 6 nitrogen and oxygen atoms in total. The molecule has 126 valence electrons. The first-order valence-corrected chi connectivity index (χ1v) is 8.36. The fourth-order valence-electron chi connectivity index (χ4n) is 2.33. The van der Waals surface area contributed by atoms with Crippen LogP contribution in [0.1, 0.15) is 16.7 Å². The Hall–Kier alpha value is -2.93. The minimum Gasteiger partial charge on any atom is -0.300 e. The van der Waals surface area contributed by atoms with E-state index in [1.807, 2.05) is 32.0 Å². The highest BCUT2D eigenvalue weighted by Crippen LogP contribution is 2.30. The van der Waals surface area contributed by atoms with Gasteiger partial charge in [-0.15, -0.1) is 0 Å². The Morgan fingerprint density at radius 2 is 1.96 bits per heavy atom. The third kappa shape index (κ3) is 3.77. The molecule has 1 aliphatic heterocycles. The number of nitro groups is 1. The number of aliphatic imine (C=N–C) groups is 1. The summed E-state index contributed by atoms with van der Waals surface area (Å²) in [7, 11) is 0. The SMILES string of the molecule is Cc1cccc(N=C2NC(=O)/C(=C/c3cccc([N+](=O)[O-])c3)S2)c1C. The monoisotopic (exact) mass is 353 g/mol. The van der Waals surface area contributed by atoms with Gasteiger partial charge in [-0.3, -0.25) is 14.9 Å². The maximum absolute atomic E-state index is 12.1. The Labute approximate surface area is 148 Å². The van der Waals surface area contributed by atoms with Crippen LogP contribution >= 0.6 is 11.8 Å². The lowest BCUT2D eigenvalue weighted by Gasteiger charge is -2.04. The van der Waals surface area contributed by atoms with E-state index in [2.05, 4.69) is 10.3 Å². The van der Waals surface area contributed by atoms with Crippen molar-refractivity contribution in [2.45, 2.75) is 13.8 Å². The van der Waals surface area contributed by atoms with E-state index in [4.69, 9.17) is 0 Å². The highest BCUT2D eigenvalue weighted by Gasteiger charge is 2.24. The molecule has 1 aliphatic rings. The summed E-state index contributed by atoms with van der Waals surface area (Å²) in [5, 5.41) is 14.1. The molecule has 2 aromatic rings. The minimum absolute atomic E-state index is 0.0120. The Balaban J connectivity index is 1.87. The fraction of sp³-hybridized carbons (Fsp3) is 0.111. The smallest absolute Gasteiger partial charge is 0.270 e. The number of non-ortho nitro benzene ring substituents is 1. The Kier molecular flexibility index (Phi) is 4.67.